The van der Waals surface area contributed by atoms with Crippen molar-refractivity contribution < 1.29 is 14.4 Å². The number of amides is 4. The van der Waals surface area contributed by atoms with Gasteiger partial charge in [-0.2, -0.15) is 0 Å². The van der Waals surface area contributed by atoms with Crippen LogP contribution in [0.3, 0.4) is 0 Å². The average Bonchev–Trinajstić information content (AvgIpc) is 2.82. The van der Waals surface area contributed by atoms with Gasteiger partial charge in [0, 0.05) is 33.8 Å². The van der Waals surface area contributed by atoms with Crippen LogP contribution in [0.15, 0.2) is 53.5 Å². The summed E-state index contributed by atoms with van der Waals surface area (Å²) in [5.74, 6) is -0.831. The number of nitrogens with zero attached hydrogens (tertiary/aromatic N) is 5. The molecule has 0 radical (unpaired) electrons. The molecule has 0 N–H and O–H groups in total. The second-order valence-electron chi connectivity index (χ2n) is 8.69. The Morgan fingerprint density at radius 3 is 2.18 bits per heavy atom. The van der Waals surface area contributed by atoms with Crippen LogP contribution in [0.5, 0.6) is 0 Å². The molecule has 0 unspecified atom stereocenters. The molecular formula is C24H23N5O4. The number of urea groups is 1. The highest BCUT2D eigenvalue weighted by molar-refractivity contribution is 6.20. The number of benzene rings is 1. The lowest BCUT2D eigenvalue weighted by Gasteiger charge is -2.51. The summed E-state index contributed by atoms with van der Waals surface area (Å²) >= 11 is 0. The lowest BCUT2D eigenvalue weighted by Crippen LogP contribution is -2.68. The van der Waals surface area contributed by atoms with Crippen LogP contribution in [0.4, 0.5) is 10.6 Å². The van der Waals surface area contributed by atoms with E-state index < -0.39 is 29.3 Å². The highest BCUT2D eigenvalue weighted by Crippen LogP contribution is 2.50. The number of aromatic nitrogens is 2. The molecule has 2 aromatic heterocycles. The first kappa shape index (κ1) is 20.9. The molecule has 33 heavy (non-hydrogen) atoms. The van der Waals surface area contributed by atoms with E-state index in [2.05, 4.69) is 0 Å². The number of aryl methyl sites for hydroxylation is 1. The quantitative estimate of drug-likeness (QED) is 0.530. The topological polar surface area (TPSA) is 95.3 Å². The molecule has 1 saturated heterocycles. The summed E-state index contributed by atoms with van der Waals surface area (Å²) in [5.41, 5.74) is 0.304. The monoisotopic (exact) mass is 445 g/mol. The third-order valence-corrected chi connectivity index (χ3v) is 6.83. The van der Waals surface area contributed by atoms with Gasteiger partial charge in [0.15, 0.2) is 5.41 Å². The van der Waals surface area contributed by atoms with E-state index in [1.165, 1.54) is 18.5 Å². The average molecular weight is 445 g/mol. The van der Waals surface area contributed by atoms with E-state index in [1.807, 2.05) is 43.3 Å². The zero-order valence-corrected chi connectivity index (χ0v) is 18.8. The summed E-state index contributed by atoms with van der Waals surface area (Å²) in [4.78, 5) is 62.0. The fraction of sp³-hybridized carbons (Fsp3) is 0.292. The molecule has 4 amide bonds. The SMILES string of the molecule is Cc1cccn2c(=O)c3c(nc12)N(C)[C@H](c1ccccc1)C1(C3)C(=O)N(C)C(=O)N(C)C1=O. The third kappa shape index (κ3) is 2.62. The summed E-state index contributed by atoms with van der Waals surface area (Å²) in [5, 5.41) is 0. The third-order valence-electron chi connectivity index (χ3n) is 6.83. The predicted molar refractivity (Wildman–Crippen MR) is 121 cm³/mol. The molecule has 0 saturated carbocycles. The van der Waals surface area contributed by atoms with Crippen LogP contribution in [-0.2, 0) is 16.0 Å². The van der Waals surface area contributed by atoms with Crippen molar-refractivity contribution in [2.75, 3.05) is 26.0 Å². The van der Waals surface area contributed by atoms with Gasteiger partial charge in [0.2, 0.25) is 11.8 Å². The van der Waals surface area contributed by atoms with E-state index in [-0.39, 0.29) is 17.5 Å². The molecule has 3 aromatic rings. The Balaban J connectivity index is 1.86. The van der Waals surface area contributed by atoms with Crippen LogP contribution in [0.1, 0.15) is 22.7 Å². The predicted octanol–water partition coefficient (Wildman–Crippen LogP) is 1.77. The lowest BCUT2D eigenvalue weighted by molar-refractivity contribution is -0.159. The van der Waals surface area contributed by atoms with Crippen molar-refractivity contribution >= 4 is 29.3 Å². The highest BCUT2D eigenvalue weighted by Gasteiger charge is 2.63. The summed E-state index contributed by atoms with van der Waals surface area (Å²) in [6.07, 6.45) is 1.47. The fourth-order valence-corrected chi connectivity index (χ4v) is 5.22. The number of anilines is 1. The van der Waals surface area contributed by atoms with Gasteiger partial charge in [0.1, 0.15) is 11.5 Å². The lowest BCUT2D eigenvalue weighted by atomic mass is 9.67. The first-order chi connectivity index (χ1) is 15.7. The molecule has 1 atom stereocenters. The molecule has 0 bridgehead atoms. The fourth-order valence-electron chi connectivity index (χ4n) is 5.22. The second kappa shape index (κ2) is 6.99. The van der Waals surface area contributed by atoms with E-state index in [4.69, 9.17) is 4.98 Å². The molecule has 2 aliphatic heterocycles. The van der Waals surface area contributed by atoms with Gasteiger partial charge >= 0.3 is 6.03 Å². The van der Waals surface area contributed by atoms with E-state index in [0.29, 0.717) is 11.5 Å². The highest BCUT2D eigenvalue weighted by atomic mass is 16.2. The van der Waals surface area contributed by atoms with E-state index >= 15 is 0 Å². The Morgan fingerprint density at radius 2 is 1.55 bits per heavy atom. The maximum absolute atomic E-state index is 13.7. The van der Waals surface area contributed by atoms with Gasteiger partial charge < -0.3 is 4.90 Å². The van der Waals surface area contributed by atoms with Crippen LogP contribution in [0, 0.1) is 12.3 Å². The number of hydrogen-bond donors (Lipinski definition) is 0. The number of carbonyl (C=O) groups is 3. The zero-order valence-electron chi connectivity index (χ0n) is 18.8. The van der Waals surface area contributed by atoms with E-state index in [0.717, 1.165) is 20.9 Å². The number of carbonyl (C=O) groups excluding carboxylic acids is 3. The summed E-state index contributed by atoms with van der Waals surface area (Å²) < 4.78 is 1.44. The van der Waals surface area contributed by atoms with E-state index in [1.54, 1.807) is 24.2 Å². The van der Waals surface area contributed by atoms with Crippen LogP contribution >= 0.6 is 0 Å². The molecule has 1 fully saturated rings. The van der Waals surface area contributed by atoms with Crippen molar-refractivity contribution in [3.05, 3.63) is 75.7 Å². The van der Waals surface area contributed by atoms with Gasteiger partial charge in [-0.25, -0.2) is 9.78 Å². The minimum atomic E-state index is -1.70. The Bertz CT molecular complexity index is 1370. The molecule has 9 nitrogen and oxygen atoms in total. The molecule has 1 aromatic carbocycles. The number of rotatable bonds is 1. The van der Waals surface area contributed by atoms with Gasteiger partial charge in [0.25, 0.3) is 5.56 Å². The Kier molecular flexibility index (Phi) is 4.42. The smallest absolute Gasteiger partial charge is 0.332 e. The minimum absolute atomic E-state index is 0.158. The number of fused-ring (bicyclic) bond motifs is 2. The summed E-state index contributed by atoms with van der Waals surface area (Å²) in [6, 6.07) is 11.4. The molecule has 1 spiro atoms. The number of imide groups is 2. The Labute approximate surface area is 189 Å². The normalized spacial score (nSPS) is 20.1. The number of hydrogen-bond acceptors (Lipinski definition) is 6. The van der Waals surface area contributed by atoms with Crippen LogP contribution < -0.4 is 10.5 Å². The van der Waals surface area contributed by atoms with E-state index in [9.17, 15) is 19.2 Å². The van der Waals surface area contributed by atoms with Crippen molar-refractivity contribution in [2.45, 2.75) is 19.4 Å². The van der Waals surface area contributed by atoms with Gasteiger partial charge in [-0.05, 0) is 24.1 Å². The molecular weight excluding hydrogens is 422 g/mol. The Hall–Kier alpha value is -4.01. The first-order valence-corrected chi connectivity index (χ1v) is 10.6. The summed E-state index contributed by atoms with van der Waals surface area (Å²) in [7, 11) is 4.46. The second-order valence-corrected chi connectivity index (χ2v) is 8.69. The molecule has 4 heterocycles. The van der Waals surface area contributed by atoms with Crippen molar-refractivity contribution in [1.82, 2.24) is 19.2 Å². The molecule has 5 rings (SSSR count). The summed E-state index contributed by atoms with van der Waals surface area (Å²) in [6.45, 7) is 1.87. The maximum atomic E-state index is 13.7. The zero-order chi connectivity index (χ0) is 23.7. The molecule has 2 aliphatic rings. The Morgan fingerprint density at radius 1 is 0.909 bits per heavy atom. The van der Waals surface area contributed by atoms with Gasteiger partial charge in [-0.3, -0.25) is 28.6 Å². The van der Waals surface area contributed by atoms with Crippen LogP contribution in [0.2, 0.25) is 0 Å². The minimum Gasteiger partial charge on any atom is -0.351 e. The largest absolute Gasteiger partial charge is 0.351 e. The van der Waals surface area contributed by atoms with Crippen LogP contribution in [-0.4, -0.2) is 58.2 Å². The first-order valence-electron chi connectivity index (χ1n) is 10.6. The molecule has 0 aliphatic carbocycles. The molecule has 168 valence electrons. The number of pyridine rings is 1. The van der Waals surface area contributed by atoms with Crippen molar-refractivity contribution in [1.29, 1.82) is 0 Å². The molecule has 9 heteroatoms. The van der Waals surface area contributed by atoms with Crippen molar-refractivity contribution in [3.8, 4) is 0 Å². The van der Waals surface area contributed by atoms with Gasteiger partial charge in [-0.1, -0.05) is 36.4 Å². The van der Waals surface area contributed by atoms with Crippen LogP contribution in [0.25, 0.3) is 5.65 Å². The standard InChI is InChI=1S/C24H23N5O4/c1-14-9-8-12-29-18(14)25-19-16(20(29)30)13-24(17(26(19)2)15-10-6-5-7-11-15)21(31)27(3)23(33)28(4)22(24)32/h5-12,17H,13H2,1-4H3/t17-/m1/s1. The number of barbiturate groups is 1. The van der Waals surface area contributed by atoms with Crippen molar-refractivity contribution in [3.63, 3.8) is 0 Å². The van der Waals surface area contributed by atoms with Crippen molar-refractivity contribution in [2.24, 2.45) is 5.41 Å². The van der Waals surface area contributed by atoms with Gasteiger partial charge in [-0.15, -0.1) is 0 Å². The van der Waals surface area contributed by atoms with Gasteiger partial charge in [0.05, 0.1) is 11.6 Å². The maximum Gasteiger partial charge on any atom is 0.332 e.